The lowest BCUT2D eigenvalue weighted by Gasteiger charge is -2.38. The van der Waals surface area contributed by atoms with Crippen LogP contribution in [0.2, 0.25) is 0 Å². The highest BCUT2D eigenvalue weighted by atomic mass is 16.5. The van der Waals surface area contributed by atoms with Gasteiger partial charge in [0.1, 0.15) is 5.75 Å². The second kappa shape index (κ2) is 9.94. The summed E-state index contributed by atoms with van der Waals surface area (Å²) in [5.41, 5.74) is 2.48. The van der Waals surface area contributed by atoms with Crippen LogP contribution in [0.1, 0.15) is 42.7 Å². The van der Waals surface area contributed by atoms with Crippen LogP contribution in [0.3, 0.4) is 0 Å². The van der Waals surface area contributed by atoms with Gasteiger partial charge in [-0.05, 0) is 67.0 Å². The molecule has 31 heavy (non-hydrogen) atoms. The minimum absolute atomic E-state index is 0.0777. The van der Waals surface area contributed by atoms with Gasteiger partial charge in [0.05, 0.1) is 13.0 Å². The van der Waals surface area contributed by atoms with Crippen molar-refractivity contribution in [1.29, 1.82) is 0 Å². The van der Waals surface area contributed by atoms with Gasteiger partial charge in [0.2, 0.25) is 11.8 Å². The van der Waals surface area contributed by atoms with Gasteiger partial charge in [0.15, 0.2) is 0 Å². The molecule has 1 atom stereocenters. The van der Waals surface area contributed by atoms with Crippen LogP contribution in [-0.2, 0) is 16.0 Å². The van der Waals surface area contributed by atoms with Crippen molar-refractivity contribution in [2.24, 2.45) is 5.92 Å². The fourth-order valence-electron chi connectivity index (χ4n) is 4.72. The van der Waals surface area contributed by atoms with Crippen molar-refractivity contribution >= 4 is 11.8 Å². The predicted octanol–water partition coefficient (Wildman–Crippen LogP) is 3.28. The molecule has 0 saturated carbocycles. The maximum absolute atomic E-state index is 13.2. The number of pyridine rings is 1. The molecule has 0 aliphatic carbocycles. The zero-order valence-electron chi connectivity index (χ0n) is 18.2. The molecule has 0 N–H and O–H groups in total. The molecule has 2 fully saturated rings. The standard InChI is InChI=1S/C25H31N3O3/c1-31-23-5-2-19(3-6-23)10-15-28-18-22(4-7-24(28)29)25(30)27-16-11-21(12-17-27)20-8-13-26-14-9-20/h2-3,5-6,8-9,13-14,21-22H,4,7,10-12,15-18H2,1H3/t22-/m0/s1. The van der Waals surface area contributed by atoms with E-state index in [1.54, 1.807) is 7.11 Å². The van der Waals surface area contributed by atoms with Crippen LogP contribution in [0.5, 0.6) is 5.75 Å². The first-order valence-corrected chi connectivity index (χ1v) is 11.2. The molecule has 2 saturated heterocycles. The average molecular weight is 422 g/mol. The van der Waals surface area contributed by atoms with Crippen molar-refractivity contribution in [2.75, 3.05) is 33.3 Å². The molecule has 0 bridgehead atoms. The highest BCUT2D eigenvalue weighted by Crippen LogP contribution is 2.29. The first-order chi connectivity index (χ1) is 15.1. The van der Waals surface area contributed by atoms with Gasteiger partial charge in [-0.15, -0.1) is 0 Å². The van der Waals surface area contributed by atoms with Gasteiger partial charge in [-0.3, -0.25) is 14.6 Å². The number of nitrogens with zero attached hydrogens (tertiary/aromatic N) is 3. The molecule has 1 aromatic heterocycles. The first-order valence-electron chi connectivity index (χ1n) is 11.2. The molecule has 3 heterocycles. The third-order valence-electron chi connectivity index (χ3n) is 6.66. The Morgan fingerprint density at radius 1 is 1.06 bits per heavy atom. The van der Waals surface area contributed by atoms with Crippen LogP contribution >= 0.6 is 0 Å². The Hall–Kier alpha value is -2.89. The number of likely N-dealkylation sites (tertiary alicyclic amines) is 2. The molecule has 0 unspecified atom stereocenters. The van der Waals surface area contributed by atoms with Crippen molar-refractivity contribution in [2.45, 2.75) is 38.0 Å². The summed E-state index contributed by atoms with van der Waals surface area (Å²) < 4.78 is 5.20. The summed E-state index contributed by atoms with van der Waals surface area (Å²) in [6, 6.07) is 12.1. The van der Waals surface area contributed by atoms with E-state index < -0.39 is 0 Å². The Bertz CT molecular complexity index is 877. The topological polar surface area (TPSA) is 62.7 Å². The molecular formula is C25H31N3O3. The monoisotopic (exact) mass is 421 g/mol. The molecule has 0 radical (unpaired) electrons. The lowest BCUT2D eigenvalue weighted by atomic mass is 9.88. The van der Waals surface area contributed by atoms with Crippen LogP contribution in [0.25, 0.3) is 0 Å². The van der Waals surface area contributed by atoms with Gasteiger partial charge >= 0.3 is 0 Å². The smallest absolute Gasteiger partial charge is 0.227 e. The number of carbonyl (C=O) groups is 2. The van der Waals surface area contributed by atoms with E-state index in [1.165, 1.54) is 11.1 Å². The molecule has 2 amide bonds. The van der Waals surface area contributed by atoms with Gasteiger partial charge in [-0.2, -0.15) is 0 Å². The van der Waals surface area contributed by atoms with Crippen LogP contribution < -0.4 is 4.74 Å². The van der Waals surface area contributed by atoms with Crippen molar-refractivity contribution < 1.29 is 14.3 Å². The molecule has 1 aromatic carbocycles. The van der Waals surface area contributed by atoms with Gasteiger partial charge < -0.3 is 14.5 Å². The maximum atomic E-state index is 13.2. The van der Waals surface area contributed by atoms with Crippen molar-refractivity contribution in [3.63, 3.8) is 0 Å². The molecule has 2 aliphatic rings. The van der Waals surface area contributed by atoms with Crippen LogP contribution in [0.4, 0.5) is 0 Å². The van der Waals surface area contributed by atoms with Gasteiger partial charge in [-0.25, -0.2) is 0 Å². The molecule has 6 heteroatoms. The normalized spacial score (nSPS) is 20.0. The lowest BCUT2D eigenvalue weighted by Crippen LogP contribution is -2.49. The third kappa shape index (κ3) is 5.24. The number of carbonyl (C=O) groups excluding carboxylic acids is 2. The molecular weight excluding hydrogens is 390 g/mol. The Labute approximate surface area is 184 Å². The Morgan fingerprint density at radius 2 is 1.77 bits per heavy atom. The SMILES string of the molecule is COc1ccc(CCN2C[C@@H](C(=O)N3CCC(c4ccncc4)CC3)CCC2=O)cc1. The summed E-state index contributed by atoms with van der Waals surface area (Å²) in [7, 11) is 1.65. The quantitative estimate of drug-likeness (QED) is 0.718. The summed E-state index contributed by atoms with van der Waals surface area (Å²) in [6.07, 6.45) is 7.57. The number of piperidine rings is 2. The highest BCUT2D eigenvalue weighted by Gasteiger charge is 2.34. The van der Waals surface area contributed by atoms with Crippen molar-refractivity contribution in [1.82, 2.24) is 14.8 Å². The van der Waals surface area contributed by atoms with E-state index >= 15 is 0 Å². The molecule has 2 aromatic rings. The highest BCUT2D eigenvalue weighted by molar-refractivity contribution is 5.84. The first kappa shape index (κ1) is 21.3. The average Bonchev–Trinajstić information content (AvgIpc) is 2.84. The number of rotatable bonds is 6. The van der Waals surface area contributed by atoms with Gasteiger partial charge in [-0.1, -0.05) is 12.1 Å². The van der Waals surface area contributed by atoms with E-state index in [1.807, 2.05) is 46.5 Å². The number of hydrogen-bond donors (Lipinski definition) is 0. The van der Waals surface area contributed by atoms with Gasteiger partial charge in [0, 0.05) is 45.0 Å². The van der Waals surface area contributed by atoms with Gasteiger partial charge in [0.25, 0.3) is 0 Å². The minimum Gasteiger partial charge on any atom is -0.497 e. The second-order valence-corrected chi connectivity index (χ2v) is 8.55. The van der Waals surface area contributed by atoms with Crippen LogP contribution in [0, 0.1) is 5.92 Å². The molecule has 6 nitrogen and oxygen atoms in total. The van der Waals surface area contributed by atoms with Crippen molar-refractivity contribution in [3.8, 4) is 5.75 Å². The summed E-state index contributed by atoms with van der Waals surface area (Å²) in [5.74, 6) is 1.63. The number of benzene rings is 1. The predicted molar refractivity (Wildman–Crippen MR) is 119 cm³/mol. The van der Waals surface area contributed by atoms with Crippen molar-refractivity contribution in [3.05, 3.63) is 59.9 Å². The fraction of sp³-hybridized carbons (Fsp3) is 0.480. The molecule has 2 aliphatic heterocycles. The number of aromatic nitrogens is 1. The molecule has 164 valence electrons. The largest absolute Gasteiger partial charge is 0.497 e. The van der Waals surface area contributed by atoms with Crippen LogP contribution in [-0.4, -0.2) is 59.9 Å². The maximum Gasteiger partial charge on any atom is 0.227 e. The van der Waals surface area contributed by atoms with E-state index in [4.69, 9.17) is 4.74 Å². The van der Waals surface area contributed by atoms with E-state index in [0.29, 0.717) is 31.8 Å². The zero-order valence-corrected chi connectivity index (χ0v) is 18.2. The summed E-state index contributed by atoms with van der Waals surface area (Å²) in [5, 5.41) is 0. The lowest BCUT2D eigenvalue weighted by molar-refractivity contribution is -0.143. The van der Waals surface area contributed by atoms with Crippen LogP contribution in [0.15, 0.2) is 48.8 Å². The van der Waals surface area contributed by atoms with E-state index in [0.717, 1.165) is 38.1 Å². The number of methoxy groups -OCH3 is 1. The summed E-state index contributed by atoms with van der Waals surface area (Å²) >= 11 is 0. The molecule has 4 rings (SSSR count). The van der Waals surface area contributed by atoms with E-state index in [9.17, 15) is 9.59 Å². The summed E-state index contributed by atoms with van der Waals surface area (Å²) in [6.45, 7) is 2.78. The number of hydrogen-bond acceptors (Lipinski definition) is 4. The number of amides is 2. The summed E-state index contributed by atoms with van der Waals surface area (Å²) in [4.78, 5) is 33.6. The van der Waals surface area contributed by atoms with E-state index in [2.05, 4.69) is 17.1 Å². The Morgan fingerprint density at radius 3 is 2.45 bits per heavy atom. The second-order valence-electron chi connectivity index (χ2n) is 8.55. The third-order valence-corrected chi connectivity index (χ3v) is 6.66. The van der Waals surface area contributed by atoms with E-state index in [-0.39, 0.29) is 17.7 Å². The molecule has 0 spiro atoms. The Balaban J connectivity index is 1.29. The fourth-order valence-corrected chi connectivity index (χ4v) is 4.72. The number of ether oxygens (including phenoxy) is 1. The minimum atomic E-state index is -0.0777. The zero-order chi connectivity index (χ0) is 21.6. The Kier molecular flexibility index (Phi) is 6.85.